The number of rotatable bonds is 4. The van der Waals surface area contributed by atoms with Gasteiger partial charge in [-0.3, -0.25) is 9.59 Å². The molecule has 0 N–H and O–H groups in total. The number of hydrogen-bond donors (Lipinski definition) is 0. The van der Waals surface area contributed by atoms with Gasteiger partial charge in [0.25, 0.3) is 5.91 Å². The van der Waals surface area contributed by atoms with E-state index in [1.165, 1.54) is 0 Å². The van der Waals surface area contributed by atoms with Crippen LogP contribution < -0.4 is 9.80 Å². The van der Waals surface area contributed by atoms with Crippen molar-refractivity contribution in [2.75, 3.05) is 9.80 Å². The van der Waals surface area contributed by atoms with Gasteiger partial charge in [-0.25, -0.2) is 0 Å². The predicted molar refractivity (Wildman–Crippen MR) is 141 cm³/mol. The van der Waals surface area contributed by atoms with Crippen molar-refractivity contribution in [3.63, 3.8) is 0 Å². The zero-order valence-corrected chi connectivity index (χ0v) is 21.5. The Morgan fingerprint density at radius 2 is 1.62 bits per heavy atom. The van der Waals surface area contributed by atoms with Gasteiger partial charge < -0.3 is 9.80 Å². The van der Waals surface area contributed by atoms with Crippen LogP contribution >= 0.6 is 34.8 Å². The number of carbonyl (C=O) groups is 2. The lowest BCUT2D eigenvalue weighted by atomic mass is 9.89. The Bertz CT molecular complexity index is 1220. The van der Waals surface area contributed by atoms with Crippen LogP contribution in [0.1, 0.15) is 54.7 Å². The van der Waals surface area contributed by atoms with Gasteiger partial charge in [0.2, 0.25) is 5.91 Å². The molecule has 2 atom stereocenters. The van der Waals surface area contributed by atoms with E-state index in [4.69, 9.17) is 34.8 Å². The molecular weight excluding hydrogens is 491 g/mol. The Kier molecular flexibility index (Phi) is 7.22. The highest BCUT2D eigenvalue weighted by molar-refractivity contribution is 6.36. The highest BCUT2D eigenvalue weighted by atomic mass is 35.5. The van der Waals surface area contributed by atoms with Crippen LogP contribution in [0.25, 0.3) is 0 Å². The molecule has 0 bridgehead atoms. The summed E-state index contributed by atoms with van der Waals surface area (Å²) in [7, 11) is 0. The van der Waals surface area contributed by atoms with E-state index in [1.54, 1.807) is 41.0 Å². The van der Waals surface area contributed by atoms with Gasteiger partial charge >= 0.3 is 0 Å². The molecule has 7 heteroatoms. The summed E-state index contributed by atoms with van der Waals surface area (Å²) in [6.45, 7) is 5.52. The third-order valence-electron chi connectivity index (χ3n) is 6.28. The minimum Gasteiger partial charge on any atom is -0.305 e. The number of halogens is 3. The van der Waals surface area contributed by atoms with E-state index in [2.05, 4.69) is 0 Å². The Labute approximate surface area is 215 Å². The van der Waals surface area contributed by atoms with Crippen LogP contribution in [0.3, 0.4) is 0 Å². The smallest absolute Gasteiger partial charge is 0.258 e. The van der Waals surface area contributed by atoms with Gasteiger partial charge in [-0.15, -0.1) is 0 Å². The third kappa shape index (κ3) is 4.55. The van der Waals surface area contributed by atoms with E-state index in [1.807, 2.05) is 50.2 Å². The van der Waals surface area contributed by atoms with E-state index in [-0.39, 0.29) is 23.9 Å². The summed E-state index contributed by atoms with van der Waals surface area (Å²) in [6.07, 6.45) is 1.25. The zero-order chi connectivity index (χ0) is 24.6. The molecule has 0 aliphatic carbocycles. The summed E-state index contributed by atoms with van der Waals surface area (Å²) >= 11 is 18.9. The molecule has 4 nitrogen and oxygen atoms in total. The number of hydrogen-bond acceptors (Lipinski definition) is 2. The number of anilines is 2. The lowest BCUT2D eigenvalue weighted by Crippen LogP contribution is -2.47. The van der Waals surface area contributed by atoms with Crippen LogP contribution in [-0.4, -0.2) is 17.9 Å². The Morgan fingerprint density at radius 1 is 1.00 bits per heavy atom. The quantitative estimate of drug-likeness (QED) is 0.356. The SMILES string of the molecule is CCc1c(Cl)cc(C(=O)N2c3ccccc3[C@H](N(C(C)=O)c3ccc(Cl)cc3)C[C@H]2C)cc1Cl. The minimum absolute atomic E-state index is 0.0807. The monoisotopic (exact) mass is 514 g/mol. The molecule has 3 aromatic rings. The maximum atomic E-state index is 13.7. The number of amides is 2. The molecule has 3 aromatic carbocycles. The summed E-state index contributed by atoms with van der Waals surface area (Å²) < 4.78 is 0. The first-order chi connectivity index (χ1) is 16.2. The van der Waals surface area contributed by atoms with Gasteiger partial charge in [0.1, 0.15) is 0 Å². The predicted octanol–water partition coefficient (Wildman–Crippen LogP) is 7.74. The fourth-order valence-corrected chi connectivity index (χ4v) is 5.60. The number of fused-ring (bicyclic) bond motifs is 1. The van der Waals surface area contributed by atoms with Gasteiger partial charge in [-0.1, -0.05) is 59.9 Å². The molecule has 176 valence electrons. The van der Waals surface area contributed by atoms with E-state index in [0.717, 1.165) is 22.5 Å². The van der Waals surface area contributed by atoms with Gasteiger partial charge in [0.15, 0.2) is 0 Å². The first-order valence-corrected chi connectivity index (χ1v) is 12.3. The van der Waals surface area contributed by atoms with Crippen LogP contribution in [0.15, 0.2) is 60.7 Å². The highest BCUT2D eigenvalue weighted by Crippen LogP contribution is 2.43. The van der Waals surface area contributed by atoms with Gasteiger partial charge in [-0.05, 0) is 73.4 Å². The lowest BCUT2D eigenvalue weighted by molar-refractivity contribution is -0.117. The van der Waals surface area contributed by atoms with Crippen LogP contribution in [-0.2, 0) is 11.2 Å². The third-order valence-corrected chi connectivity index (χ3v) is 7.20. The van der Waals surface area contributed by atoms with Crippen molar-refractivity contribution in [1.82, 2.24) is 0 Å². The van der Waals surface area contributed by atoms with Gasteiger partial charge in [0.05, 0.1) is 6.04 Å². The summed E-state index contributed by atoms with van der Waals surface area (Å²) in [5.74, 6) is -0.256. The molecule has 4 rings (SSSR count). The van der Waals surface area contributed by atoms with Crippen molar-refractivity contribution in [2.45, 2.75) is 45.7 Å². The first kappa shape index (κ1) is 24.6. The summed E-state index contributed by atoms with van der Waals surface area (Å²) in [5, 5.41) is 1.58. The first-order valence-electron chi connectivity index (χ1n) is 11.2. The molecule has 2 amide bonds. The molecule has 0 fully saturated rings. The normalized spacial score (nSPS) is 17.3. The second-order valence-corrected chi connectivity index (χ2v) is 9.72. The van der Waals surface area contributed by atoms with Gasteiger partial charge in [0, 0.05) is 45.0 Å². The molecule has 0 saturated heterocycles. The second-order valence-electron chi connectivity index (χ2n) is 8.47. The van der Waals surface area contributed by atoms with Crippen LogP contribution in [0.5, 0.6) is 0 Å². The van der Waals surface area contributed by atoms with E-state index < -0.39 is 0 Å². The maximum absolute atomic E-state index is 13.7. The molecule has 1 heterocycles. The lowest BCUT2D eigenvalue weighted by Gasteiger charge is -2.43. The fraction of sp³-hybridized carbons (Fsp3) is 0.259. The average molecular weight is 516 g/mol. The molecule has 1 aliphatic rings. The van der Waals surface area contributed by atoms with E-state index >= 15 is 0 Å². The average Bonchev–Trinajstić information content (AvgIpc) is 2.80. The van der Waals surface area contributed by atoms with Crippen LogP contribution in [0.2, 0.25) is 15.1 Å². The Balaban J connectivity index is 1.78. The largest absolute Gasteiger partial charge is 0.305 e. The summed E-state index contributed by atoms with van der Waals surface area (Å²) in [5.41, 5.74) is 3.70. The van der Waals surface area contributed by atoms with E-state index in [9.17, 15) is 9.59 Å². The maximum Gasteiger partial charge on any atom is 0.258 e. The zero-order valence-electron chi connectivity index (χ0n) is 19.2. The van der Waals surface area contributed by atoms with Crippen molar-refractivity contribution in [2.24, 2.45) is 0 Å². The van der Waals surface area contributed by atoms with Crippen LogP contribution in [0.4, 0.5) is 11.4 Å². The molecule has 0 spiro atoms. The van der Waals surface area contributed by atoms with Gasteiger partial charge in [-0.2, -0.15) is 0 Å². The number of nitrogens with zero attached hydrogens (tertiary/aromatic N) is 2. The highest BCUT2D eigenvalue weighted by Gasteiger charge is 2.38. The second kappa shape index (κ2) is 9.99. The summed E-state index contributed by atoms with van der Waals surface area (Å²) in [6, 6.07) is 17.9. The van der Waals surface area contributed by atoms with Crippen molar-refractivity contribution >= 4 is 58.0 Å². The minimum atomic E-state index is -0.233. The van der Waals surface area contributed by atoms with Crippen molar-refractivity contribution in [3.05, 3.63) is 92.4 Å². The van der Waals surface area contributed by atoms with E-state index in [0.29, 0.717) is 33.5 Å². The van der Waals surface area contributed by atoms with Crippen LogP contribution in [0, 0.1) is 0 Å². The van der Waals surface area contributed by atoms with Crippen molar-refractivity contribution in [1.29, 1.82) is 0 Å². The molecular formula is C27H25Cl3N2O2. The number of benzene rings is 3. The molecule has 0 aromatic heterocycles. The number of carbonyl (C=O) groups excluding carboxylic acids is 2. The van der Waals surface area contributed by atoms with Crippen molar-refractivity contribution < 1.29 is 9.59 Å². The molecule has 0 saturated carbocycles. The standard InChI is InChI=1S/C27H25Cl3N2O2/c1-4-21-23(29)14-18(15-24(21)30)27(34)31-16(2)13-26(22-7-5-6-8-25(22)31)32(17(3)33)20-11-9-19(28)10-12-20/h5-12,14-16,26H,4,13H2,1-3H3/t16-,26-/m1/s1. The number of para-hydroxylation sites is 1. The molecule has 1 aliphatic heterocycles. The topological polar surface area (TPSA) is 40.6 Å². The molecule has 0 radical (unpaired) electrons. The Morgan fingerprint density at radius 3 is 2.21 bits per heavy atom. The summed E-state index contributed by atoms with van der Waals surface area (Å²) in [4.78, 5) is 30.1. The fourth-order valence-electron chi connectivity index (χ4n) is 4.72. The molecule has 34 heavy (non-hydrogen) atoms. The molecule has 0 unspecified atom stereocenters. The Hall–Kier alpha value is -2.53. The van der Waals surface area contributed by atoms with Crippen molar-refractivity contribution in [3.8, 4) is 0 Å².